The summed E-state index contributed by atoms with van der Waals surface area (Å²) in [5.74, 6) is 0. The summed E-state index contributed by atoms with van der Waals surface area (Å²) in [6.45, 7) is 6.46. The van der Waals surface area contributed by atoms with Gasteiger partial charge in [-0.25, -0.2) is 5.48 Å². The summed E-state index contributed by atoms with van der Waals surface area (Å²) in [5.41, 5.74) is 6.05. The third-order valence-electron chi connectivity index (χ3n) is 1.83. The highest BCUT2D eigenvalue weighted by Crippen LogP contribution is 2.12. The Morgan fingerprint density at radius 3 is 2.46 bits per heavy atom. The van der Waals surface area contributed by atoms with Crippen LogP contribution in [0, 0.1) is 0 Å². The van der Waals surface area contributed by atoms with Crippen LogP contribution in [0.3, 0.4) is 0 Å². The first-order chi connectivity index (χ1) is 6.24. The largest absolute Gasteiger partial charge is 0.297 e. The van der Waals surface area contributed by atoms with Crippen molar-refractivity contribution in [3.05, 3.63) is 42.0 Å². The molecule has 2 heteroatoms. The van der Waals surface area contributed by atoms with Crippen molar-refractivity contribution >= 4 is 5.57 Å². The zero-order valence-corrected chi connectivity index (χ0v) is 8.13. The van der Waals surface area contributed by atoms with E-state index in [0.29, 0.717) is 6.61 Å². The van der Waals surface area contributed by atoms with Crippen molar-refractivity contribution in [2.45, 2.75) is 13.5 Å². The lowest BCUT2D eigenvalue weighted by atomic mass is 10.1. The van der Waals surface area contributed by atoms with Gasteiger partial charge in [-0.15, -0.1) is 0 Å². The quantitative estimate of drug-likeness (QED) is 0.713. The molecule has 2 nitrogen and oxygen atoms in total. The minimum absolute atomic E-state index is 0.590. The van der Waals surface area contributed by atoms with Crippen molar-refractivity contribution in [1.29, 1.82) is 0 Å². The molecular weight excluding hydrogens is 162 g/mol. The van der Waals surface area contributed by atoms with Crippen LogP contribution in [0.5, 0.6) is 0 Å². The van der Waals surface area contributed by atoms with Gasteiger partial charge in [0.15, 0.2) is 0 Å². The fourth-order valence-electron chi connectivity index (χ4n) is 1.04. The molecule has 0 aliphatic rings. The Labute approximate surface area is 79.2 Å². The molecule has 70 valence electrons. The topological polar surface area (TPSA) is 21.3 Å². The van der Waals surface area contributed by atoms with Gasteiger partial charge >= 0.3 is 0 Å². The van der Waals surface area contributed by atoms with Crippen molar-refractivity contribution in [1.82, 2.24) is 5.48 Å². The highest BCUT2D eigenvalue weighted by Gasteiger charge is 1.94. The molecule has 0 aliphatic heterocycles. The Bertz CT molecular complexity index is 277. The summed E-state index contributed by atoms with van der Waals surface area (Å²) in [7, 11) is 1.75. The lowest BCUT2D eigenvalue weighted by molar-refractivity contribution is 0.0444. The Hall–Kier alpha value is -1.12. The lowest BCUT2D eigenvalue weighted by Gasteiger charge is -2.03. The molecule has 1 aromatic carbocycles. The van der Waals surface area contributed by atoms with Gasteiger partial charge in [-0.2, -0.15) is 0 Å². The lowest BCUT2D eigenvalue weighted by Crippen LogP contribution is -2.06. The number of hydrogen-bond donors (Lipinski definition) is 1. The van der Waals surface area contributed by atoms with Gasteiger partial charge in [0, 0.05) is 7.05 Å². The molecule has 0 atom stereocenters. The number of hydroxylamine groups is 1. The first kappa shape index (κ1) is 9.96. The average Bonchev–Trinajstić information content (AvgIpc) is 2.15. The molecule has 0 aromatic heterocycles. The summed E-state index contributed by atoms with van der Waals surface area (Å²) in [6, 6.07) is 8.19. The average molecular weight is 177 g/mol. The van der Waals surface area contributed by atoms with Crippen molar-refractivity contribution in [3.63, 3.8) is 0 Å². The molecule has 0 saturated carbocycles. The molecule has 1 rings (SSSR count). The number of allylic oxidation sites excluding steroid dienone is 1. The summed E-state index contributed by atoms with van der Waals surface area (Å²) in [6.07, 6.45) is 0. The molecule has 0 bridgehead atoms. The highest BCUT2D eigenvalue weighted by atomic mass is 16.6. The van der Waals surface area contributed by atoms with E-state index in [0.717, 1.165) is 11.1 Å². The smallest absolute Gasteiger partial charge is 0.0932 e. The maximum Gasteiger partial charge on any atom is 0.0932 e. The van der Waals surface area contributed by atoms with Crippen molar-refractivity contribution in [3.8, 4) is 0 Å². The normalized spacial score (nSPS) is 10.0. The predicted octanol–water partition coefficient (Wildman–Crippen LogP) is 2.37. The van der Waals surface area contributed by atoms with E-state index in [4.69, 9.17) is 4.84 Å². The van der Waals surface area contributed by atoms with Crippen LogP contribution in [0.4, 0.5) is 0 Å². The minimum Gasteiger partial charge on any atom is -0.297 e. The maximum absolute atomic E-state index is 5.05. The first-order valence-corrected chi connectivity index (χ1v) is 4.27. The zero-order chi connectivity index (χ0) is 9.68. The minimum atomic E-state index is 0.590. The summed E-state index contributed by atoms with van der Waals surface area (Å²) in [4.78, 5) is 5.05. The molecule has 1 N–H and O–H groups in total. The van der Waals surface area contributed by atoms with Gasteiger partial charge in [-0.1, -0.05) is 36.4 Å². The standard InChI is InChI=1S/C11H15NO/c1-9(2)11-6-4-10(5-7-11)8-13-12-3/h4-7,12H,1,8H2,2-3H3. The number of hydrogen-bond acceptors (Lipinski definition) is 2. The van der Waals surface area contributed by atoms with Crippen molar-refractivity contribution < 1.29 is 4.84 Å². The molecule has 0 saturated heterocycles. The van der Waals surface area contributed by atoms with Crippen LogP contribution < -0.4 is 5.48 Å². The van der Waals surface area contributed by atoms with E-state index in [1.165, 1.54) is 5.56 Å². The summed E-state index contributed by atoms with van der Waals surface area (Å²) < 4.78 is 0. The third kappa shape index (κ3) is 3.01. The van der Waals surface area contributed by atoms with Crippen molar-refractivity contribution in [2.75, 3.05) is 7.05 Å². The van der Waals surface area contributed by atoms with Gasteiger partial charge in [-0.05, 0) is 18.1 Å². The number of rotatable bonds is 4. The van der Waals surface area contributed by atoms with Crippen LogP contribution in [0.1, 0.15) is 18.1 Å². The van der Waals surface area contributed by atoms with E-state index in [1.807, 2.05) is 19.1 Å². The molecule has 0 heterocycles. The van der Waals surface area contributed by atoms with Crippen molar-refractivity contribution in [2.24, 2.45) is 0 Å². The van der Waals surface area contributed by atoms with Gasteiger partial charge in [0.1, 0.15) is 0 Å². The molecule has 0 amide bonds. The Morgan fingerprint density at radius 2 is 2.00 bits per heavy atom. The second kappa shape index (κ2) is 4.80. The second-order valence-corrected chi connectivity index (χ2v) is 2.97. The van der Waals surface area contributed by atoms with E-state index in [9.17, 15) is 0 Å². The summed E-state index contributed by atoms with van der Waals surface area (Å²) >= 11 is 0. The van der Waals surface area contributed by atoms with Crippen LogP contribution in [-0.2, 0) is 11.4 Å². The second-order valence-electron chi connectivity index (χ2n) is 2.97. The molecule has 0 spiro atoms. The fraction of sp³-hybridized carbons (Fsp3) is 0.273. The van der Waals surface area contributed by atoms with E-state index < -0.39 is 0 Å². The van der Waals surface area contributed by atoms with Gasteiger partial charge in [0.2, 0.25) is 0 Å². The first-order valence-electron chi connectivity index (χ1n) is 4.27. The summed E-state index contributed by atoms with van der Waals surface area (Å²) in [5, 5.41) is 0. The van der Waals surface area contributed by atoms with Crippen LogP contribution >= 0.6 is 0 Å². The van der Waals surface area contributed by atoms with Crippen LogP contribution in [0.2, 0.25) is 0 Å². The van der Waals surface area contributed by atoms with Gasteiger partial charge in [0.25, 0.3) is 0 Å². The van der Waals surface area contributed by atoms with Gasteiger partial charge < -0.3 is 0 Å². The maximum atomic E-state index is 5.05. The Morgan fingerprint density at radius 1 is 1.38 bits per heavy atom. The molecule has 0 fully saturated rings. The molecule has 0 unspecified atom stereocenters. The Kier molecular flexibility index (Phi) is 3.68. The number of nitrogens with one attached hydrogen (secondary N) is 1. The van der Waals surface area contributed by atoms with Gasteiger partial charge in [-0.3, -0.25) is 4.84 Å². The van der Waals surface area contributed by atoms with E-state index >= 15 is 0 Å². The van der Waals surface area contributed by atoms with Crippen LogP contribution in [-0.4, -0.2) is 7.05 Å². The molecule has 0 radical (unpaired) electrons. The van der Waals surface area contributed by atoms with Crippen LogP contribution in [0.15, 0.2) is 30.8 Å². The van der Waals surface area contributed by atoms with E-state index in [1.54, 1.807) is 7.05 Å². The zero-order valence-electron chi connectivity index (χ0n) is 8.13. The highest BCUT2D eigenvalue weighted by molar-refractivity contribution is 5.61. The van der Waals surface area contributed by atoms with E-state index in [-0.39, 0.29) is 0 Å². The monoisotopic (exact) mass is 177 g/mol. The SMILES string of the molecule is C=C(C)c1ccc(CONC)cc1. The van der Waals surface area contributed by atoms with Crippen LogP contribution in [0.25, 0.3) is 5.57 Å². The van der Waals surface area contributed by atoms with E-state index in [2.05, 4.69) is 24.2 Å². The molecular formula is C11H15NO. The fourth-order valence-corrected chi connectivity index (χ4v) is 1.04. The third-order valence-corrected chi connectivity index (χ3v) is 1.83. The van der Waals surface area contributed by atoms with Gasteiger partial charge in [0.05, 0.1) is 6.61 Å². The molecule has 0 aliphatic carbocycles. The number of benzene rings is 1. The predicted molar refractivity (Wildman–Crippen MR) is 55.0 cm³/mol. The molecule has 1 aromatic rings. The molecule has 13 heavy (non-hydrogen) atoms. The Balaban J connectivity index is 2.64.